The van der Waals surface area contributed by atoms with E-state index in [2.05, 4.69) is 10.4 Å². The van der Waals surface area contributed by atoms with Crippen LogP contribution < -0.4 is 5.32 Å². The summed E-state index contributed by atoms with van der Waals surface area (Å²) in [6.07, 6.45) is 1.76. The standard InChI is InChI=1S/C13H15ClN4O3/c14-11-3-1-2-10(4-11)5-15-7-13(19)9-17-8-12(6-16-17)18(20)21/h1-4,6,8,13,15,19H,5,7,9H2. The molecule has 112 valence electrons. The largest absolute Gasteiger partial charge is 0.390 e. The summed E-state index contributed by atoms with van der Waals surface area (Å²) >= 11 is 5.88. The number of nitrogens with zero attached hydrogens (tertiary/aromatic N) is 3. The molecule has 0 spiro atoms. The van der Waals surface area contributed by atoms with Crippen LogP contribution in [0.15, 0.2) is 36.7 Å². The minimum Gasteiger partial charge on any atom is -0.390 e. The number of aromatic nitrogens is 2. The van der Waals surface area contributed by atoms with E-state index in [1.807, 2.05) is 18.2 Å². The van der Waals surface area contributed by atoms with Gasteiger partial charge < -0.3 is 10.4 Å². The quantitative estimate of drug-likeness (QED) is 0.598. The number of aliphatic hydroxyl groups is 1. The molecular weight excluding hydrogens is 296 g/mol. The van der Waals surface area contributed by atoms with E-state index in [1.54, 1.807) is 6.07 Å². The highest BCUT2D eigenvalue weighted by atomic mass is 35.5. The lowest BCUT2D eigenvalue weighted by atomic mass is 10.2. The summed E-state index contributed by atoms with van der Waals surface area (Å²) in [6.45, 7) is 1.12. The van der Waals surface area contributed by atoms with Gasteiger partial charge in [0.2, 0.25) is 0 Å². The molecule has 1 heterocycles. The highest BCUT2D eigenvalue weighted by Crippen LogP contribution is 2.10. The first kappa shape index (κ1) is 15.4. The van der Waals surface area contributed by atoms with Gasteiger partial charge in [0.25, 0.3) is 0 Å². The number of rotatable bonds is 7. The average Bonchev–Trinajstić information content (AvgIpc) is 2.87. The van der Waals surface area contributed by atoms with Crippen LogP contribution in [0.4, 0.5) is 5.69 Å². The normalized spacial score (nSPS) is 12.3. The van der Waals surface area contributed by atoms with Crippen molar-refractivity contribution in [2.75, 3.05) is 6.54 Å². The van der Waals surface area contributed by atoms with E-state index in [9.17, 15) is 15.2 Å². The Kier molecular flexibility index (Phi) is 5.26. The Morgan fingerprint density at radius 3 is 3.00 bits per heavy atom. The number of nitro groups is 1. The molecule has 1 aromatic carbocycles. The van der Waals surface area contributed by atoms with Gasteiger partial charge in [-0.25, -0.2) is 0 Å². The predicted octanol–water partition coefficient (Wildman–Crippen LogP) is 1.60. The molecule has 8 heteroatoms. The molecule has 2 aromatic rings. The molecule has 0 aliphatic carbocycles. The molecular formula is C13H15ClN4O3. The Morgan fingerprint density at radius 2 is 2.33 bits per heavy atom. The Labute approximate surface area is 126 Å². The maximum absolute atomic E-state index is 10.5. The summed E-state index contributed by atoms with van der Waals surface area (Å²) in [5, 5.41) is 28.0. The molecule has 1 unspecified atom stereocenters. The van der Waals surface area contributed by atoms with E-state index in [0.29, 0.717) is 18.1 Å². The van der Waals surface area contributed by atoms with Crippen LogP contribution in [-0.4, -0.2) is 32.5 Å². The van der Waals surface area contributed by atoms with Crippen LogP contribution in [0.1, 0.15) is 5.56 Å². The molecule has 0 amide bonds. The van der Waals surface area contributed by atoms with Crippen molar-refractivity contribution in [3.63, 3.8) is 0 Å². The van der Waals surface area contributed by atoms with Crippen LogP contribution in [0.25, 0.3) is 0 Å². The van der Waals surface area contributed by atoms with Gasteiger partial charge in [0.1, 0.15) is 12.4 Å². The van der Waals surface area contributed by atoms with E-state index in [4.69, 9.17) is 11.6 Å². The lowest BCUT2D eigenvalue weighted by Gasteiger charge is -2.11. The van der Waals surface area contributed by atoms with Crippen molar-refractivity contribution in [2.24, 2.45) is 0 Å². The van der Waals surface area contributed by atoms with Crippen LogP contribution in [-0.2, 0) is 13.1 Å². The van der Waals surface area contributed by atoms with E-state index in [0.717, 1.165) is 11.8 Å². The summed E-state index contributed by atoms with van der Waals surface area (Å²) in [6, 6.07) is 7.43. The van der Waals surface area contributed by atoms with E-state index in [-0.39, 0.29) is 12.2 Å². The lowest BCUT2D eigenvalue weighted by molar-refractivity contribution is -0.385. The second-order valence-electron chi connectivity index (χ2n) is 4.59. The third-order valence-corrected chi connectivity index (χ3v) is 3.06. The van der Waals surface area contributed by atoms with Crippen molar-refractivity contribution >= 4 is 17.3 Å². The molecule has 0 saturated carbocycles. The molecule has 7 nitrogen and oxygen atoms in total. The molecule has 2 rings (SSSR count). The number of aliphatic hydroxyl groups excluding tert-OH is 1. The third kappa shape index (κ3) is 4.82. The average molecular weight is 311 g/mol. The minimum atomic E-state index is -0.691. The van der Waals surface area contributed by atoms with Gasteiger partial charge in [-0.2, -0.15) is 5.10 Å². The number of hydrogen-bond donors (Lipinski definition) is 2. The van der Waals surface area contributed by atoms with Gasteiger partial charge in [0.15, 0.2) is 0 Å². The molecule has 0 aliphatic heterocycles. The molecule has 2 N–H and O–H groups in total. The maximum Gasteiger partial charge on any atom is 0.306 e. The highest BCUT2D eigenvalue weighted by molar-refractivity contribution is 6.30. The van der Waals surface area contributed by atoms with Crippen molar-refractivity contribution in [1.82, 2.24) is 15.1 Å². The molecule has 0 saturated heterocycles. The molecule has 1 aromatic heterocycles. The fourth-order valence-electron chi connectivity index (χ4n) is 1.86. The fraction of sp³-hybridized carbons (Fsp3) is 0.308. The van der Waals surface area contributed by atoms with Gasteiger partial charge in [0.05, 0.1) is 17.6 Å². The Hall–Kier alpha value is -1.96. The van der Waals surface area contributed by atoms with Crippen LogP contribution in [0.2, 0.25) is 5.02 Å². The van der Waals surface area contributed by atoms with Gasteiger partial charge >= 0.3 is 5.69 Å². The first-order chi connectivity index (χ1) is 10.0. The second kappa shape index (κ2) is 7.16. The number of nitrogens with one attached hydrogen (secondary N) is 1. The van der Waals surface area contributed by atoms with Crippen molar-refractivity contribution in [2.45, 2.75) is 19.2 Å². The first-order valence-corrected chi connectivity index (χ1v) is 6.72. The van der Waals surface area contributed by atoms with Crippen LogP contribution in [0.3, 0.4) is 0 Å². The molecule has 1 atom stereocenters. The lowest BCUT2D eigenvalue weighted by Crippen LogP contribution is -2.30. The van der Waals surface area contributed by atoms with E-state index >= 15 is 0 Å². The molecule has 0 radical (unpaired) electrons. The number of benzene rings is 1. The van der Waals surface area contributed by atoms with Crippen molar-refractivity contribution in [3.05, 3.63) is 57.4 Å². The maximum atomic E-state index is 10.5. The second-order valence-corrected chi connectivity index (χ2v) is 5.03. The Bertz CT molecular complexity index is 617. The predicted molar refractivity (Wildman–Crippen MR) is 78.0 cm³/mol. The zero-order chi connectivity index (χ0) is 15.2. The van der Waals surface area contributed by atoms with Gasteiger partial charge in [0, 0.05) is 18.1 Å². The zero-order valence-electron chi connectivity index (χ0n) is 11.1. The third-order valence-electron chi connectivity index (χ3n) is 2.83. The van der Waals surface area contributed by atoms with E-state index < -0.39 is 11.0 Å². The van der Waals surface area contributed by atoms with Gasteiger partial charge in [-0.05, 0) is 17.7 Å². The van der Waals surface area contributed by atoms with Crippen molar-refractivity contribution in [3.8, 4) is 0 Å². The summed E-state index contributed by atoms with van der Waals surface area (Å²) in [4.78, 5) is 10.0. The van der Waals surface area contributed by atoms with Crippen molar-refractivity contribution < 1.29 is 10.0 Å². The summed E-state index contributed by atoms with van der Waals surface area (Å²) in [5.74, 6) is 0. The molecule has 0 fully saturated rings. The summed E-state index contributed by atoms with van der Waals surface area (Å²) in [7, 11) is 0. The summed E-state index contributed by atoms with van der Waals surface area (Å²) < 4.78 is 1.35. The van der Waals surface area contributed by atoms with Gasteiger partial charge in [-0.15, -0.1) is 0 Å². The number of hydrogen-bond acceptors (Lipinski definition) is 5. The van der Waals surface area contributed by atoms with Crippen LogP contribution in [0, 0.1) is 10.1 Å². The fourth-order valence-corrected chi connectivity index (χ4v) is 2.07. The molecule has 21 heavy (non-hydrogen) atoms. The first-order valence-electron chi connectivity index (χ1n) is 6.34. The van der Waals surface area contributed by atoms with Gasteiger partial charge in [-0.1, -0.05) is 23.7 Å². The zero-order valence-corrected chi connectivity index (χ0v) is 11.9. The highest BCUT2D eigenvalue weighted by Gasteiger charge is 2.11. The molecule has 0 bridgehead atoms. The number of halogens is 1. The van der Waals surface area contributed by atoms with E-state index in [1.165, 1.54) is 10.9 Å². The minimum absolute atomic E-state index is 0.0888. The Morgan fingerprint density at radius 1 is 1.52 bits per heavy atom. The SMILES string of the molecule is O=[N+]([O-])c1cnn(CC(O)CNCc2cccc(Cl)c2)c1. The van der Waals surface area contributed by atoms with Gasteiger partial charge in [-0.3, -0.25) is 14.8 Å². The molecule has 0 aliphatic rings. The Balaban J connectivity index is 1.76. The van der Waals surface area contributed by atoms with Crippen LogP contribution >= 0.6 is 11.6 Å². The van der Waals surface area contributed by atoms with Crippen molar-refractivity contribution in [1.29, 1.82) is 0 Å². The smallest absolute Gasteiger partial charge is 0.306 e. The van der Waals surface area contributed by atoms with Crippen LogP contribution in [0.5, 0.6) is 0 Å². The topological polar surface area (TPSA) is 93.2 Å². The monoisotopic (exact) mass is 310 g/mol. The summed E-state index contributed by atoms with van der Waals surface area (Å²) in [5.41, 5.74) is 0.929.